The fourth-order valence-electron chi connectivity index (χ4n) is 2.24. The van der Waals surface area contributed by atoms with Crippen molar-refractivity contribution in [2.75, 3.05) is 19.0 Å². The summed E-state index contributed by atoms with van der Waals surface area (Å²) in [4.78, 5) is 24.0. The van der Waals surface area contributed by atoms with E-state index < -0.39 is 23.8 Å². The molecule has 10 heteroatoms. The van der Waals surface area contributed by atoms with Crippen LogP contribution in [0.1, 0.15) is 17.3 Å². The van der Waals surface area contributed by atoms with E-state index in [0.717, 1.165) is 0 Å². The molecule has 1 aromatic heterocycles. The Morgan fingerprint density at radius 2 is 1.85 bits per heavy atom. The lowest BCUT2D eigenvalue weighted by molar-refractivity contribution is -0.251. The van der Waals surface area contributed by atoms with Crippen LogP contribution in [0.15, 0.2) is 35.7 Å². The van der Waals surface area contributed by atoms with Gasteiger partial charge in [-0.3, -0.25) is 0 Å². The Kier molecular flexibility index (Phi) is 6.11. The third-order valence-electron chi connectivity index (χ3n) is 3.54. The summed E-state index contributed by atoms with van der Waals surface area (Å²) < 4.78 is 48.9. The fraction of sp³-hybridized carbons (Fsp3) is 0.294. The van der Waals surface area contributed by atoms with E-state index in [-0.39, 0.29) is 17.2 Å². The van der Waals surface area contributed by atoms with Gasteiger partial charge in [0.25, 0.3) is 0 Å². The van der Waals surface area contributed by atoms with E-state index in [1.165, 1.54) is 5.38 Å². The zero-order valence-electron chi connectivity index (χ0n) is 14.3. The maximum Gasteiger partial charge on any atom is 0.448 e. The summed E-state index contributed by atoms with van der Waals surface area (Å²) in [7, 11) is 0.705. The van der Waals surface area contributed by atoms with Gasteiger partial charge in [0.2, 0.25) is 0 Å². The highest BCUT2D eigenvalue weighted by atomic mass is 32.1. The second-order valence-corrected chi connectivity index (χ2v) is 6.14. The number of hydrogen-bond acceptors (Lipinski definition) is 7. The SMILES string of the molecule is CCOC(=O)c1c(-c2ccccc2)csc1N[C@@](O)(C(=O)OC)C(F)(F)F. The van der Waals surface area contributed by atoms with Crippen LogP contribution in [0, 0.1) is 0 Å². The summed E-state index contributed by atoms with van der Waals surface area (Å²) in [5.74, 6) is -2.85. The average Bonchev–Trinajstić information content (AvgIpc) is 3.04. The first-order chi connectivity index (χ1) is 12.7. The molecular weight excluding hydrogens is 387 g/mol. The number of aliphatic hydroxyl groups is 1. The Bertz CT molecular complexity index is 822. The van der Waals surface area contributed by atoms with Crippen LogP contribution in [0.4, 0.5) is 18.2 Å². The largest absolute Gasteiger partial charge is 0.465 e. The zero-order valence-corrected chi connectivity index (χ0v) is 15.1. The van der Waals surface area contributed by atoms with Crippen LogP contribution in [-0.4, -0.2) is 42.7 Å². The van der Waals surface area contributed by atoms with Crippen molar-refractivity contribution >= 4 is 28.3 Å². The third-order valence-corrected chi connectivity index (χ3v) is 4.44. The number of esters is 2. The molecule has 1 aromatic carbocycles. The molecule has 0 aliphatic carbocycles. The monoisotopic (exact) mass is 403 g/mol. The number of thiophene rings is 1. The minimum absolute atomic E-state index is 0.0110. The van der Waals surface area contributed by atoms with Crippen molar-refractivity contribution in [2.24, 2.45) is 0 Å². The molecule has 0 saturated carbocycles. The zero-order chi connectivity index (χ0) is 20.2. The second kappa shape index (κ2) is 7.97. The predicted octanol–water partition coefficient (Wildman–Crippen LogP) is 3.43. The number of halogens is 3. The van der Waals surface area contributed by atoms with Crippen molar-refractivity contribution in [3.63, 3.8) is 0 Å². The van der Waals surface area contributed by atoms with Crippen molar-refractivity contribution in [2.45, 2.75) is 18.8 Å². The lowest BCUT2D eigenvalue weighted by Gasteiger charge is -2.28. The summed E-state index contributed by atoms with van der Waals surface area (Å²) in [6.45, 7) is 1.53. The van der Waals surface area contributed by atoms with E-state index in [2.05, 4.69) is 4.74 Å². The minimum atomic E-state index is -5.40. The van der Waals surface area contributed by atoms with E-state index in [0.29, 0.717) is 29.6 Å². The van der Waals surface area contributed by atoms with Crippen molar-refractivity contribution in [3.05, 3.63) is 41.3 Å². The number of hydrogen-bond donors (Lipinski definition) is 2. The molecule has 0 spiro atoms. The topological polar surface area (TPSA) is 84.9 Å². The Morgan fingerprint density at radius 3 is 2.37 bits per heavy atom. The molecule has 6 nitrogen and oxygen atoms in total. The van der Waals surface area contributed by atoms with Crippen LogP contribution in [0.25, 0.3) is 11.1 Å². The predicted molar refractivity (Wildman–Crippen MR) is 92.4 cm³/mol. The summed E-state index contributed by atoms with van der Waals surface area (Å²) in [5, 5.41) is 12.7. The van der Waals surface area contributed by atoms with Gasteiger partial charge in [-0.1, -0.05) is 30.3 Å². The number of rotatable bonds is 6. The molecule has 0 saturated heterocycles. The molecular formula is C17H16F3NO5S. The molecule has 1 atom stereocenters. The molecule has 2 aromatic rings. The van der Waals surface area contributed by atoms with Crippen LogP contribution in [0.3, 0.4) is 0 Å². The van der Waals surface area contributed by atoms with Crippen LogP contribution in [0.5, 0.6) is 0 Å². The van der Waals surface area contributed by atoms with Gasteiger partial charge >= 0.3 is 23.8 Å². The van der Waals surface area contributed by atoms with E-state index in [1.54, 1.807) is 42.6 Å². The molecule has 27 heavy (non-hydrogen) atoms. The van der Waals surface area contributed by atoms with Crippen molar-refractivity contribution < 1.29 is 37.3 Å². The van der Waals surface area contributed by atoms with E-state index in [9.17, 15) is 27.9 Å². The van der Waals surface area contributed by atoms with Gasteiger partial charge in [0.05, 0.1) is 13.7 Å². The number of anilines is 1. The summed E-state index contributed by atoms with van der Waals surface area (Å²) in [6, 6.07) is 8.43. The third kappa shape index (κ3) is 4.06. The second-order valence-electron chi connectivity index (χ2n) is 5.26. The van der Waals surface area contributed by atoms with Gasteiger partial charge in [0.1, 0.15) is 10.6 Å². The maximum absolute atomic E-state index is 13.3. The smallest absolute Gasteiger partial charge is 0.448 e. The molecule has 0 aliphatic heterocycles. The Hall–Kier alpha value is -2.59. The van der Waals surface area contributed by atoms with Crippen molar-refractivity contribution in [1.29, 1.82) is 0 Å². The van der Waals surface area contributed by atoms with Crippen molar-refractivity contribution in [1.82, 2.24) is 0 Å². The van der Waals surface area contributed by atoms with Gasteiger partial charge in [0, 0.05) is 10.9 Å². The molecule has 0 aliphatic rings. The van der Waals surface area contributed by atoms with Gasteiger partial charge in [0.15, 0.2) is 0 Å². The van der Waals surface area contributed by atoms with Crippen LogP contribution in [-0.2, 0) is 14.3 Å². The highest BCUT2D eigenvalue weighted by Gasteiger charge is 2.62. The minimum Gasteiger partial charge on any atom is -0.465 e. The summed E-state index contributed by atoms with van der Waals surface area (Å²) in [5.41, 5.74) is -3.39. The first-order valence-corrected chi connectivity index (χ1v) is 8.53. The first kappa shape index (κ1) is 20.7. The number of nitrogens with one attached hydrogen (secondary N) is 1. The molecule has 2 rings (SSSR count). The van der Waals surface area contributed by atoms with Gasteiger partial charge < -0.3 is 19.9 Å². The van der Waals surface area contributed by atoms with Gasteiger partial charge in [-0.25, -0.2) is 9.59 Å². The number of alkyl halides is 3. The lowest BCUT2D eigenvalue weighted by Crippen LogP contribution is -2.58. The molecule has 0 radical (unpaired) electrons. The summed E-state index contributed by atoms with van der Waals surface area (Å²) >= 11 is 0.716. The van der Waals surface area contributed by atoms with Gasteiger partial charge in [-0.15, -0.1) is 11.3 Å². The molecule has 0 fully saturated rings. The molecule has 0 amide bonds. The first-order valence-electron chi connectivity index (χ1n) is 7.65. The van der Waals surface area contributed by atoms with Crippen molar-refractivity contribution in [3.8, 4) is 11.1 Å². The quantitative estimate of drug-likeness (QED) is 0.568. The normalized spacial score (nSPS) is 13.6. The highest BCUT2D eigenvalue weighted by Crippen LogP contribution is 2.40. The average molecular weight is 403 g/mol. The summed E-state index contributed by atoms with van der Waals surface area (Å²) in [6.07, 6.45) is -5.40. The van der Waals surface area contributed by atoms with Gasteiger partial charge in [-0.2, -0.15) is 13.2 Å². The van der Waals surface area contributed by atoms with E-state index in [4.69, 9.17) is 4.74 Å². The number of ether oxygens (including phenoxy) is 2. The van der Waals surface area contributed by atoms with E-state index in [1.807, 2.05) is 0 Å². The highest BCUT2D eigenvalue weighted by molar-refractivity contribution is 7.15. The number of carbonyl (C=O) groups excluding carboxylic acids is 2. The fourth-order valence-corrected chi connectivity index (χ4v) is 3.24. The Labute approximate surface area is 156 Å². The molecule has 0 bridgehead atoms. The van der Waals surface area contributed by atoms with Crippen LogP contribution >= 0.6 is 11.3 Å². The molecule has 2 N–H and O–H groups in total. The van der Waals surface area contributed by atoms with Crippen LogP contribution in [0.2, 0.25) is 0 Å². The Morgan fingerprint density at radius 1 is 1.22 bits per heavy atom. The standard InChI is InChI=1S/C17H16F3NO5S/c1-3-26-14(22)12-11(10-7-5-4-6-8-10)9-27-13(12)21-16(24,15(23)25-2)17(18,19)20/h4-9,21,24H,3H2,1-2H3/t16-/m1/s1. The maximum atomic E-state index is 13.3. The molecule has 0 unspecified atom stereocenters. The van der Waals surface area contributed by atoms with Gasteiger partial charge in [-0.05, 0) is 12.5 Å². The molecule has 146 valence electrons. The van der Waals surface area contributed by atoms with E-state index >= 15 is 0 Å². The number of benzene rings is 1. The number of methoxy groups -OCH3 is 1. The van der Waals surface area contributed by atoms with Crippen LogP contribution < -0.4 is 5.32 Å². The lowest BCUT2D eigenvalue weighted by atomic mass is 10.0. The molecule has 1 heterocycles. The number of carbonyl (C=O) groups is 2. The Balaban J connectivity index is 2.58.